The van der Waals surface area contributed by atoms with E-state index >= 15 is 0 Å². The van der Waals surface area contributed by atoms with Crippen LogP contribution < -0.4 is 0 Å². The predicted octanol–water partition coefficient (Wildman–Crippen LogP) is 2.93. The number of amidine groups is 1. The summed E-state index contributed by atoms with van der Waals surface area (Å²) in [4.78, 5) is 26.5. The number of quaternary nitrogens is 1. The minimum absolute atomic E-state index is 0.00766. The van der Waals surface area contributed by atoms with E-state index in [9.17, 15) is 14.7 Å². The molecule has 1 unspecified atom stereocenters. The third kappa shape index (κ3) is 8.76. The van der Waals surface area contributed by atoms with Crippen LogP contribution in [0.1, 0.15) is 64.7 Å². The van der Waals surface area contributed by atoms with Crippen molar-refractivity contribution in [3.8, 4) is 0 Å². The summed E-state index contributed by atoms with van der Waals surface area (Å²) in [6.07, 6.45) is 10.7. The number of hydrogen-bond donors (Lipinski definition) is 2. The third-order valence-corrected chi connectivity index (χ3v) is 4.95. The Kier molecular flexibility index (Phi) is 11.1. The number of carbonyl (C=O) groups is 2. The summed E-state index contributed by atoms with van der Waals surface area (Å²) >= 11 is 0. The van der Waals surface area contributed by atoms with Gasteiger partial charge in [0.05, 0.1) is 13.2 Å². The Morgan fingerprint density at radius 2 is 1.69 bits per heavy atom. The van der Waals surface area contributed by atoms with Gasteiger partial charge in [-0.25, -0.2) is 14.6 Å². The second-order valence-electron chi connectivity index (χ2n) is 7.11. The van der Waals surface area contributed by atoms with Crippen molar-refractivity contribution < 1.29 is 29.0 Å². The van der Waals surface area contributed by atoms with E-state index < -0.39 is 11.9 Å². The molecule has 26 heavy (non-hydrogen) atoms. The molecule has 2 N–H and O–H groups in total. The number of carboxylic acid groups (broad SMARTS) is 2. The summed E-state index contributed by atoms with van der Waals surface area (Å²) in [5, 5.41) is 18.0. The van der Waals surface area contributed by atoms with Gasteiger partial charge in [-0.15, -0.1) is 0 Å². The molecule has 1 aliphatic heterocycles. The molecule has 0 aromatic rings. The Morgan fingerprint density at radius 3 is 2.31 bits per heavy atom. The highest BCUT2D eigenvalue weighted by atomic mass is 16.5. The van der Waals surface area contributed by atoms with E-state index in [0.717, 1.165) is 25.1 Å². The molecule has 7 heteroatoms. The fourth-order valence-electron chi connectivity index (χ4n) is 3.53. The largest absolute Gasteiger partial charge is 0.480 e. The number of rotatable bonds is 16. The lowest BCUT2D eigenvalue weighted by Crippen LogP contribution is -2.55. The zero-order valence-electron chi connectivity index (χ0n) is 16.1. The van der Waals surface area contributed by atoms with Crippen molar-refractivity contribution >= 4 is 17.8 Å². The van der Waals surface area contributed by atoms with E-state index in [4.69, 9.17) is 9.84 Å². The molecule has 7 nitrogen and oxygen atoms in total. The average Bonchev–Trinajstić information content (AvgIpc) is 2.96. The lowest BCUT2D eigenvalue weighted by Gasteiger charge is -2.33. The molecule has 0 aromatic carbocycles. The van der Waals surface area contributed by atoms with Crippen molar-refractivity contribution in [2.45, 2.75) is 64.7 Å². The van der Waals surface area contributed by atoms with Crippen LogP contribution in [0.5, 0.6) is 0 Å². The van der Waals surface area contributed by atoms with Gasteiger partial charge in [0, 0.05) is 6.42 Å². The molecule has 1 aliphatic rings. The first-order valence-electron chi connectivity index (χ1n) is 9.91. The quantitative estimate of drug-likeness (QED) is 0.321. The second kappa shape index (κ2) is 12.8. The SMILES string of the molecule is CCCCCCCCCCC1=NCC[N+]1(CCOCC(=O)O)CC(=O)O. The maximum Gasteiger partial charge on any atom is 0.359 e. The van der Waals surface area contributed by atoms with Crippen molar-refractivity contribution in [3.63, 3.8) is 0 Å². The van der Waals surface area contributed by atoms with Crippen LogP contribution in [-0.4, -0.2) is 71.9 Å². The normalized spacial score (nSPS) is 19.5. The van der Waals surface area contributed by atoms with Crippen LogP contribution in [0.4, 0.5) is 0 Å². The summed E-state index contributed by atoms with van der Waals surface area (Å²) in [7, 11) is 0. The molecule has 0 fully saturated rings. The molecule has 0 amide bonds. The Balaban J connectivity index is 2.39. The van der Waals surface area contributed by atoms with Gasteiger partial charge in [0.25, 0.3) is 0 Å². The Hall–Kier alpha value is -1.47. The molecule has 0 aromatic heterocycles. The molecule has 1 heterocycles. The molecule has 1 atom stereocenters. The van der Waals surface area contributed by atoms with E-state index in [2.05, 4.69) is 11.9 Å². The van der Waals surface area contributed by atoms with Crippen molar-refractivity contribution in [1.82, 2.24) is 0 Å². The van der Waals surface area contributed by atoms with E-state index in [1.807, 2.05) is 0 Å². The number of nitrogens with zero attached hydrogens (tertiary/aromatic N) is 2. The number of ether oxygens (including phenoxy) is 1. The highest BCUT2D eigenvalue weighted by Crippen LogP contribution is 2.20. The van der Waals surface area contributed by atoms with Crippen LogP contribution in [0.2, 0.25) is 0 Å². The Labute approximate surface area is 156 Å². The van der Waals surface area contributed by atoms with E-state index in [1.54, 1.807) is 0 Å². The van der Waals surface area contributed by atoms with E-state index in [1.165, 1.54) is 38.5 Å². The lowest BCUT2D eigenvalue weighted by molar-refractivity contribution is -0.829. The van der Waals surface area contributed by atoms with Crippen LogP contribution in [0.25, 0.3) is 0 Å². The minimum atomic E-state index is -1.01. The molecule has 0 aliphatic carbocycles. The number of unbranched alkanes of at least 4 members (excludes halogenated alkanes) is 7. The van der Waals surface area contributed by atoms with Crippen molar-refractivity contribution in [1.29, 1.82) is 0 Å². The fraction of sp³-hybridized carbons (Fsp3) is 0.842. The number of hydrogen-bond acceptors (Lipinski definition) is 4. The molecule has 0 spiro atoms. The van der Waals surface area contributed by atoms with Gasteiger partial charge in [0.15, 0.2) is 12.4 Å². The monoisotopic (exact) mass is 371 g/mol. The predicted molar refractivity (Wildman–Crippen MR) is 100 cm³/mol. The standard InChI is InChI=1S/C19H34N2O5/c1-2-3-4-5-6-7-8-9-10-17-20-11-12-21(17,15-18(22)23)13-14-26-16-19(24)25/h2-16H2,1H3,(H-,22,23,24,25)/p+1. The van der Waals surface area contributed by atoms with Gasteiger partial charge < -0.3 is 14.9 Å². The van der Waals surface area contributed by atoms with Crippen molar-refractivity contribution in [2.24, 2.45) is 4.99 Å². The number of aliphatic carboxylic acids is 2. The molecule has 0 saturated heterocycles. The van der Waals surface area contributed by atoms with Crippen LogP contribution in [-0.2, 0) is 14.3 Å². The average molecular weight is 371 g/mol. The second-order valence-corrected chi connectivity index (χ2v) is 7.11. The zero-order valence-corrected chi connectivity index (χ0v) is 16.1. The van der Waals surface area contributed by atoms with Gasteiger partial charge in [0.1, 0.15) is 19.7 Å². The van der Waals surface area contributed by atoms with Gasteiger partial charge in [-0.2, -0.15) is 0 Å². The maximum atomic E-state index is 11.3. The van der Waals surface area contributed by atoms with Crippen LogP contribution in [0, 0.1) is 0 Å². The summed E-state index contributed by atoms with van der Waals surface area (Å²) in [5.41, 5.74) is 0. The molecular weight excluding hydrogens is 336 g/mol. The first-order valence-corrected chi connectivity index (χ1v) is 9.91. The number of carboxylic acids is 2. The highest BCUT2D eigenvalue weighted by Gasteiger charge is 2.39. The highest BCUT2D eigenvalue weighted by molar-refractivity contribution is 5.80. The smallest absolute Gasteiger partial charge is 0.359 e. The van der Waals surface area contributed by atoms with E-state index in [-0.39, 0.29) is 19.8 Å². The van der Waals surface area contributed by atoms with Gasteiger partial charge in [-0.05, 0) is 6.42 Å². The third-order valence-electron chi connectivity index (χ3n) is 4.95. The molecule has 1 rings (SSSR count). The first-order chi connectivity index (χ1) is 12.5. The van der Waals surface area contributed by atoms with Crippen molar-refractivity contribution in [3.05, 3.63) is 0 Å². The molecule has 0 saturated carbocycles. The summed E-state index contributed by atoms with van der Waals surface area (Å²) < 4.78 is 5.45. The summed E-state index contributed by atoms with van der Waals surface area (Å²) in [6.45, 7) is 3.86. The van der Waals surface area contributed by atoms with E-state index in [0.29, 0.717) is 24.1 Å². The minimum Gasteiger partial charge on any atom is -0.480 e. The van der Waals surface area contributed by atoms with Gasteiger partial charge in [0.2, 0.25) is 0 Å². The Morgan fingerprint density at radius 1 is 1.04 bits per heavy atom. The summed E-state index contributed by atoms with van der Waals surface area (Å²) in [6, 6.07) is 0. The van der Waals surface area contributed by atoms with Gasteiger partial charge in [-0.1, -0.05) is 51.9 Å². The Bertz CT molecular complexity index is 467. The topological polar surface area (TPSA) is 96.2 Å². The van der Waals surface area contributed by atoms with Crippen LogP contribution in [0.15, 0.2) is 4.99 Å². The first kappa shape index (κ1) is 22.6. The van der Waals surface area contributed by atoms with Crippen LogP contribution in [0.3, 0.4) is 0 Å². The summed E-state index contributed by atoms with van der Waals surface area (Å²) in [5.74, 6) is -0.921. The fourth-order valence-corrected chi connectivity index (χ4v) is 3.53. The molecule has 150 valence electrons. The van der Waals surface area contributed by atoms with Crippen LogP contribution >= 0.6 is 0 Å². The zero-order chi connectivity index (χ0) is 19.3. The van der Waals surface area contributed by atoms with Gasteiger partial charge in [-0.3, -0.25) is 4.48 Å². The lowest BCUT2D eigenvalue weighted by atomic mass is 10.1. The molecule has 0 radical (unpaired) electrons. The van der Waals surface area contributed by atoms with Gasteiger partial charge >= 0.3 is 11.9 Å². The molecular formula is C19H35N2O5+. The molecule has 0 bridgehead atoms. The number of aliphatic imine (C=N–C) groups is 1. The van der Waals surface area contributed by atoms with Crippen molar-refractivity contribution in [2.75, 3.05) is 39.4 Å². The maximum absolute atomic E-state index is 11.3.